The topological polar surface area (TPSA) is 98.3 Å². The van der Waals surface area contributed by atoms with Crippen molar-refractivity contribution in [2.75, 3.05) is 6.54 Å². The van der Waals surface area contributed by atoms with E-state index >= 15 is 0 Å². The van der Waals surface area contributed by atoms with Crippen molar-refractivity contribution in [2.24, 2.45) is 11.3 Å². The van der Waals surface area contributed by atoms with E-state index in [0.29, 0.717) is 6.54 Å². The highest BCUT2D eigenvalue weighted by Crippen LogP contribution is 2.58. The molecule has 7 nitrogen and oxygen atoms in total. The molecule has 2 aliphatic rings. The smallest absolute Gasteiger partial charge is 0.405 e. The van der Waals surface area contributed by atoms with Gasteiger partial charge in [-0.3, -0.25) is 4.79 Å². The molecule has 29 heavy (non-hydrogen) atoms. The molecule has 2 unspecified atom stereocenters. The number of nitrogens with one attached hydrogen (secondary N) is 2. The minimum atomic E-state index is -1.18. The summed E-state index contributed by atoms with van der Waals surface area (Å²) in [5, 5.41) is 11.6. The fourth-order valence-corrected chi connectivity index (χ4v) is 4.44. The Morgan fingerprint density at radius 2 is 2.00 bits per heavy atom. The van der Waals surface area contributed by atoms with Crippen LogP contribution in [0.2, 0.25) is 0 Å². The van der Waals surface area contributed by atoms with Crippen molar-refractivity contribution in [3.05, 3.63) is 40.8 Å². The summed E-state index contributed by atoms with van der Waals surface area (Å²) in [7, 11) is 0. The number of carbonyl (C=O) groups is 2. The molecular formula is C21H25BrN4O3. The maximum atomic E-state index is 13.3. The first-order chi connectivity index (χ1) is 13.8. The Balaban J connectivity index is 1.60. The van der Waals surface area contributed by atoms with Crippen LogP contribution in [0.4, 0.5) is 4.79 Å². The summed E-state index contributed by atoms with van der Waals surface area (Å²) in [6.45, 7) is 4.37. The van der Waals surface area contributed by atoms with Crippen LogP contribution in [-0.2, 0) is 4.79 Å². The summed E-state index contributed by atoms with van der Waals surface area (Å²) in [6, 6.07) is 7.05. The van der Waals surface area contributed by atoms with Gasteiger partial charge in [0.15, 0.2) is 0 Å². The fraction of sp³-hybridized carbons (Fsp3) is 0.476. The van der Waals surface area contributed by atoms with Crippen molar-refractivity contribution >= 4 is 27.9 Å². The highest BCUT2D eigenvalue weighted by atomic mass is 79.9. The van der Waals surface area contributed by atoms with Crippen molar-refractivity contribution in [3.8, 4) is 11.3 Å². The van der Waals surface area contributed by atoms with Gasteiger partial charge in [0, 0.05) is 11.0 Å². The molecule has 2 fully saturated rings. The maximum absolute atomic E-state index is 13.3. The predicted molar refractivity (Wildman–Crippen MR) is 112 cm³/mol. The molecule has 2 heterocycles. The lowest BCUT2D eigenvalue weighted by Crippen LogP contribution is -2.51. The van der Waals surface area contributed by atoms with Gasteiger partial charge in [-0.15, -0.1) is 0 Å². The molecular weight excluding hydrogens is 436 g/mol. The summed E-state index contributed by atoms with van der Waals surface area (Å²) in [5.74, 6) is 0.459. The first kappa shape index (κ1) is 19.9. The summed E-state index contributed by atoms with van der Waals surface area (Å²) in [5.41, 5.74) is 2.09. The molecule has 2 amide bonds. The number of aromatic amines is 1. The zero-order valence-electron chi connectivity index (χ0n) is 16.5. The second-order valence-corrected chi connectivity index (χ2v) is 9.46. The molecule has 4 rings (SSSR count). The van der Waals surface area contributed by atoms with E-state index < -0.39 is 12.1 Å². The number of H-pyrrole nitrogens is 1. The molecule has 154 valence electrons. The second kappa shape index (κ2) is 7.48. The molecule has 1 aromatic heterocycles. The van der Waals surface area contributed by atoms with Gasteiger partial charge in [0.05, 0.1) is 17.9 Å². The number of likely N-dealkylation sites (tertiary alicyclic amines) is 1. The number of hydrogen-bond acceptors (Lipinski definition) is 3. The lowest BCUT2D eigenvalue weighted by Gasteiger charge is -2.29. The predicted octanol–water partition coefficient (Wildman–Crippen LogP) is 4.19. The van der Waals surface area contributed by atoms with E-state index in [1.807, 2.05) is 43.0 Å². The average Bonchev–Trinajstić information content (AvgIpc) is 3.09. The van der Waals surface area contributed by atoms with E-state index in [4.69, 9.17) is 5.11 Å². The van der Waals surface area contributed by atoms with Crippen molar-refractivity contribution in [2.45, 2.75) is 45.2 Å². The minimum Gasteiger partial charge on any atom is -0.465 e. The van der Waals surface area contributed by atoms with E-state index in [-0.39, 0.29) is 23.3 Å². The molecule has 8 heteroatoms. The summed E-state index contributed by atoms with van der Waals surface area (Å²) in [4.78, 5) is 34.3. The number of rotatable bonds is 5. The Morgan fingerprint density at radius 1 is 1.31 bits per heavy atom. The van der Waals surface area contributed by atoms with Gasteiger partial charge < -0.3 is 20.3 Å². The number of halogens is 1. The zero-order valence-corrected chi connectivity index (χ0v) is 18.1. The second-order valence-electron chi connectivity index (χ2n) is 8.55. The molecule has 1 aliphatic carbocycles. The standard InChI is InChI=1S/C21H25BrN4O3/c1-12(2)17(25-20(28)29)19(27)26-11-21(7-8-21)9-16(26)18-23-10-15(24-18)13-3-5-14(22)6-4-13/h3-6,10,12,16-17,25H,7-9,11H2,1-2H3,(H,23,24)(H,28,29). The van der Waals surface area contributed by atoms with Crippen LogP contribution >= 0.6 is 15.9 Å². The van der Waals surface area contributed by atoms with Gasteiger partial charge in [-0.2, -0.15) is 0 Å². The first-order valence-corrected chi connectivity index (χ1v) is 10.7. The Hall–Kier alpha value is -2.35. The normalized spacial score (nSPS) is 20.8. The maximum Gasteiger partial charge on any atom is 0.405 e. The quantitative estimate of drug-likeness (QED) is 0.622. The molecule has 1 aliphatic heterocycles. The molecule has 0 bridgehead atoms. The highest BCUT2D eigenvalue weighted by molar-refractivity contribution is 9.10. The molecule has 1 saturated heterocycles. The van der Waals surface area contributed by atoms with Crippen LogP contribution in [0.25, 0.3) is 11.3 Å². The largest absolute Gasteiger partial charge is 0.465 e. The van der Waals surface area contributed by atoms with Crippen LogP contribution in [0.1, 0.15) is 45.0 Å². The van der Waals surface area contributed by atoms with Crippen molar-refractivity contribution in [1.29, 1.82) is 0 Å². The van der Waals surface area contributed by atoms with Crippen molar-refractivity contribution in [3.63, 3.8) is 0 Å². The monoisotopic (exact) mass is 460 g/mol. The number of hydrogen-bond donors (Lipinski definition) is 3. The van der Waals surface area contributed by atoms with Crippen LogP contribution in [0.15, 0.2) is 34.9 Å². The van der Waals surface area contributed by atoms with Gasteiger partial charge in [-0.05, 0) is 48.3 Å². The highest BCUT2D eigenvalue weighted by Gasteiger charge is 2.55. The number of aromatic nitrogens is 2. The molecule has 1 aromatic carbocycles. The number of nitrogens with zero attached hydrogens (tertiary/aromatic N) is 2. The average molecular weight is 461 g/mol. The zero-order chi connectivity index (χ0) is 20.8. The molecule has 2 atom stereocenters. The minimum absolute atomic E-state index is 0.134. The van der Waals surface area contributed by atoms with Crippen LogP contribution in [-0.4, -0.2) is 44.6 Å². The van der Waals surface area contributed by atoms with E-state index in [2.05, 4.69) is 31.2 Å². The number of carbonyl (C=O) groups excluding carboxylic acids is 1. The number of carboxylic acid groups (broad SMARTS) is 1. The number of imidazole rings is 1. The van der Waals surface area contributed by atoms with Crippen molar-refractivity contribution < 1.29 is 14.7 Å². The third kappa shape index (κ3) is 4.03. The first-order valence-electron chi connectivity index (χ1n) is 9.89. The molecule has 1 saturated carbocycles. The van der Waals surface area contributed by atoms with Crippen LogP contribution in [0.3, 0.4) is 0 Å². The van der Waals surface area contributed by atoms with Crippen LogP contribution in [0.5, 0.6) is 0 Å². The fourth-order valence-electron chi connectivity index (χ4n) is 4.18. The third-order valence-electron chi connectivity index (χ3n) is 6.03. The summed E-state index contributed by atoms with van der Waals surface area (Å²) < 4.78 is 1.01. The van der Waals surface area contributed by atoms with E-state index in [1.54, 1.807) is 6.20 Å². The third-order valence-corrected chi connectivity index (χ3v) is 6.56. The molecule has 0 radical (unpaired) electrons. The SMILES string of the molecule is CC(C)C(NC(=O)O)C(=O)N1CC2(CC2)CC1c1ncc(-c2ccc(Br)cc2)[nH]1. The summed E-state index contributed by atoms with van der Waals surface area (Å²) >= 11 is 3.44. The van der Waals surface area contributed by atoms with Gasteiger partial charge in [-0.1, -0.05) is 41.9 Å². The van der Waals surface area contributed by atoms with Gasteiger partial charge in [0.1, 0.15) is 11.9 Å². The lowest BCUT2D eigenvalue weighted by molar-refractivity contribution is -0.135. The van der Waals surface area contributed by atoms with Gasteiger partial charge in [0.2, 0.25) is 5.91 Å². The molecule has 3 N–H and O–H groups in total. The van der Waals surface area contributed by atoms with E-state index in [1.165, 1.54) is 0 Å². The van der Waals surface area contributed by atoms with E-state index in [0.717, 1.165) is 40.8 Å². The van der Waals surface area contributed by atoms with Gasteiger partial charge in [0.25, 0.3) is 0 Å². The van der Waals surface area contributed by atoms with Crippen LogP contribution in [0, 0.1) is 11.3 Å². The summed E-state index contributed by atoms with van der Waals surface area (Å²) in [6.07, 6.45) is 3.70. The Labute approximate surface area is 178 Å². The Bertz CT molecular complexity index is 920. The Morgan fingerprint density at radius 3 is 2.59 bits per heavy atom. The Kier molecular flexibility index (Phi) is 5.14. The van der Waals surface area contributed by atoms with Gasteiger partial charge >= 0.3 is 6.09 Å². The van der Waals surface area contributed by atoms with Crippen molar-refractivity contribution in [1.82, 2.24) is 20.2 Å². The van der Waals surface area contributed by atoms with Gasteiger partial charge in [-0.25, -0.2) is 9.78 Å². The van der Waals surface area contributed by atoms with E-state index in [9.17, 15) is 9.59 Å². The lowest BCUT2D eigenvalue weighted by atomic mass is 10.0. The molecule has 2 aromatic rings. The molecule has 1 spiro atoms. The van der Waals surface area contributed by atoms with Crippen LogP contribution < -0.4 is 5.32 Å². The number of benzene rings is 1. The number of amides is 2.